The van der Waals surface area contributed by atoms with Crippen LogP contribution in [0.15, 0.2) is 46.5 Å². The summed E-state index contributed by atoms with van der Waals surface area (Å²) in [6.45, 7) is 1.47. The van der Waals surface area contributed by atoms with E-state index >= 15 is 0 Å². The zero-order valence-corrected chi connectivity index (χ0v) is 22.1. The molecule has 0 spiro atoms. The molecular formula is C23H23Cl2N5O6S. The van der Waals surface area contributed by atoms with Gasteiger partial charge in [0.05, 0.1) is 35.1 Å². The second-order valence-corrected chi connectivity index (χ2v) is 9.57. The van der Waals surface area contributed by atoms with Crippen molar-refractivity contribution in [2.45, 2.75) is 42.4 Å². The van der Waals surface area contributed by atoms with Crippen LogP contribution in [-0.4, -0.2) is 62.9 Å². The summed E-state index contributed by atoms with van der Waals surface area (Å²) in [4.78, 5) is 37.0. The quantitative estimate of drug-likeness (QED) is 0.331. The first-order chi connectivity index (χ1) is 17.7. The number of hydrogen-bond donors (Lipinski definition) is 2. The van der Waals surface area contributed by atoms with Crippen molar-refractivity contribution >= 4 is 52.8 Å². The topological polar surface area (TPSA) is 146 Å². The minimum atomic E-state index is -1.36. The van der Waals surface area contributed by atoms with E-state index in [1.807, 2.05) is 19.1 Å². The number of alkyl carbamates (subject to hydrolysis) is 1. The van der Waals surface area contributed by atoms with Gasteiger partial charge in [0.15, 0.2) is 5.78 Å². The Bertz CT molecular complexity index is 1250. The fourth-order valence-electron chi connectivity index (χ4n) is 3.16. The Balaban J connectivity index is 1.61. The van der Waals surface area contributed by atoms with Gasteiger partial charge >= 0.3 is 12.1 Å². The van der Waals surface area contributed by atoms with Gasteiger partial charge in [-0.2, -0.15) is 0 Å². The van der Waals surface area contributed by atoms with Gasteiger partial charge in [-0.3, -0.25) is 9.59 Å². The molecule has 0 aliphatic carbocycles. The summed E-state index contributed by atoms with van der Waals surface area (Å²) in [6.07, 6.45) is -1.14. The molecule has 1 aromatic heterocycles. The number of nitrogens with zero attached hydrogens (tertiary/aromatic N) is 4. The number of hydrogen-bond acceptors (Lipinski definition) is 9. The number of carboxylic acids is 1. The number of benzene rings is 2. The average Bonchev–Trinajstić information content (AvgIpc) is 3.27. The van der Waals surface area contributed by atoms with Crippen molar-refractivity contribution in [3.05, 3.63) is 57.6 Å². The van der Waals surface area contributed by atoms with E-state index in [2.05, 4.69) is 20.8 Å². The largest absolute Gasteiger partial charge is 0.497 e. The number of Topliss-reactive ketones (excluding diaryl/α,β-unsaturated/α-hetero) is 1. The predicted octanol–water partition coefficient (Wildman–Crippen LogP) is 3.83. The van der Waals surface area contributed by atoms with Crippen LogP contribution in [0, 0.1) is 6.92 Å². The number of carbonyl (C=O) groups excluding carboxylic acids is 2. The lowest BCUT2D eigenvalue weighted by Crippen LogP contribution is -2.44. The van der Waals surface area contributed by atoms with Crippen molar-refractivity contribution in [3.63, 3.8) is 0 Å². The Labute approximate surface area is 226 Å². The first-order valence-corrected chi connectivity index (χ1v) is 12.4. The van der Waals surface area contributed by atoms with Gasteiger partial charge in [-0.25, -0.2) is 9.48 Å². The van der Waals surface area contributed by atoms with E-state index in [1.165, 1.54) is 4.68 Å². The molecule has 0 aliphatic rings. The van der Waals surface area contributed by atoms with Gasteiger partial charge in [-0.15, -0.1) is 5.10 Å². The van der Waals surface area contributed by atoms with Gasteiger partial charge in [-0.05, 0) is 64.5 Å². The van der Waals surface area contributed by atoms with Crippen molar-refractivity contribution in [2.24, 2.45) is 0 Å². The van der Waals surface area contributed by atoms with Crippen LogP contribution in [0.2, 0.25) is 10.0 Å². The SMILES string of the molecule is COc1ccc(CCOC(=O)NC(CC(=O)O)C(=O)Cn2nnnc2Sc2c(Cl)cc(C)cc2Cl)cc1. The number of rotatable bonds is 12. The van der Waals surface area contributed by atoms with Crippen LogP contribution >= 0.6 is 35.0 Å². The van der Waals surface area contributed by atoms with E-state index in [9.17, 15) is 19.5 Å². The number of aromatic nitrogens is 4. The van der Waals surface area contributed by atoms with Gasteiger partial charge in [-0.1, -0.05) is 35.3 Å². The summed E-state index contributed by atoms with van der Waals surface area (Å²) >= 11 is 13.6. The minimum absolute atomic E-state index is 0.0258. The maximum absolute atomic E-state index is 12.9. The molecule has 1 atom stereocenters. The lowest BCUT2D eigenvalue weighted by atomic mass is 10.1. The number of tetrazole rings is 1. The molecule has 0 saturated carbocycles. The van der Waals surface area contributed by atoms with E-state index in [1.54, 1.807) is 31.4 Å². The minimum Gasteiger partial charge on any atom is -0.497 e. The van der Waals surface area contributed by atoms with E-state index in [0.717, 1.165) is 22.9 Å². The third-order valence-electron chi connectivity index (χ3n) is 4.98. The van der Waals surface area contributed by atoms with Crippen LogP contribution in [0.5, 0.6) is 5.75 Å². The smallest absolute Gasteiger partial charge is 0.407 e. The summed E-state index contributed by atoms with van der Waals surface area (Å²) in [6, 6.07) is 9.31. The van der Waals surface area contributed by atoms with E-state index < -0.39 is 36.9 Å². The van der Waals surface area contributed by atoms with Crippen LogP contribution in [0.4, 0.5) is 4.79 Å². The number of ether oxygens (including phenoxy) is 2. The third kappa shape index (κ3) is 8.34. The van der Waals surface area contributed by atoms with Crippen LogP contribution in [0.25, 0.3) is 0 Å². The van der Waals surface area contributed by atoms with Gasteiger partial charge in [0.2, 0.25) is 5.16 Å². The van der Waals surface area contributed by atoms with Crippen molar-refractivity contribution in [3.8, 4) is 5.75 Å². The Morgan fingerprint density at radius 2 is 1.84 bits per heavy atom. The monoisotopic (exact) mass is 567 g/mol. The predicted molar refractivity (Wildman–Crippen MR) is 135 cm³/mol. The van der Waals surface area contributed by atoms with Crippen molar-refractivity contribution < 1.29 is 29.0 Å². The maximum Gasteiger partial charge on any atom is 0.407 e. The number of carbonyl (C=O) groups is 3. The third-order valence-corrected chi connectivity index (χ3v) is 6.92. The number of halogens is 2. The number of aliphatic carboxylic acids is 1. The summed E-state index contributed by atoms with van der Waals surface area (Å²) < 4.78 is 11.4. The Hall–Kier alpha value is -3.35. The highest BCUT2D eigenvalue weighted by Gasteiger charge is 2.26. The highest BCUT2D eigenvalue weighted by atomic mass is 35.5. The lowest BCUT2D eigenvalue weighted by molar-refractivity contribution is -0.139. The molecular weight excluding hydrogens is 545 g/mol. The molecule has 3 rings (SSSR count). The number of methoxy groups -OCH3 is 1. The van der Waals surface area contributed by atoms with Crippen molar-refractivity contribution in [1.82, 2.24) is 25.5 Å². The number of aryl methyl sites for hydroxylation is 1. The Morgan fingerprint density at radius 3 is 2.46 bits per heavy atom. The zero-order chi connectivity index (χ0) is 26.9. The van der Waals surface area contributed by atoms with Crippen LogP contribution < -0.4 is 10.1 Å². The maximum atomic E-state index is 12.9. The molecule has 2 aromatic carbocycles. The van der Waals surface area contributed by atoms with Gasteiger partial charge in [0, 0.05) is 6.42 Å². The highest BCUT2D eigenvalue weighted by Crippen LogP contribution is 2.38. The van der Waals surface area contributed by atoms with Crippen molar-refractivity contribution in [2.75, 3.05) is 13.7 Å². The van der Waals surface area contributed by atoms with E-state index in [-0.39, 0.29) is 11.8 Å². The number of ketones is 1. The molecule has 14 heteroatoms. The van der Waals surface area contributed by atoms with E-state index in [4.69, 9.17) is 32.7 Å². The van der Waals surface area contributed by atoms with E-state index in [0.29, 0.717) is 27.1 Å². The summed E-state index contributed by atoms with van der Waals surface area (Å²) in [5.74, 6) is -1.21. The first kappa shape index (κ1) is 28.2. The molecule has 1 heterocycles. The second-order valence-electron chi connectivity index (χ2n) is 7.77. The molecule has 0 saturated heterocycles. The van der Waals surface area contributed by atoms with Gasteiger partial charge in [0.1, 0.15) is 18.3 Å². The molecule has 0 fully saturated rings. The van der Waals surface area contributed by atoms with Crippen LogP contribution in [-0.2, 0) is 27.3 Å². The molecule has 0 aliphatic heterocycles. The molecule has 196 valence electrons. The molecule has 2 N–H and O–H groups in total. The molecule has 3 aromatic rings. The summed E-state index contributed by atoms with van der Waals surface area (Å²) in [5.41, 5.74) is 1.77. The number of amides is 1. The van der Waals surface area contributed by atoms with Crippen LogP contribution in [0.1, 0.15) is 17.5 Å². The molecule has 37 heavy (non-hydrogen) atoms. The number of carboxylic acid groups (broad SMARTS) is 1. The lowest BCUT2D eigenvalue weighted by Gasteiger charge is -2.16. The normalized spacial score (nSPS) is 11.6. The average molecular weight is 568 g/mol. The number of nitrogens with one attached hydrogen (secondary N) is 1. The fraction of sp³-hybridized carbons (Fsp3) is 0.304. The molecule has 1 amide bonds. The van der Waals surface area contributed by atoms with Crippen LogP contribution in [0.3, 0.4) is 0 Å². The summed E-state index contributed by atoms with van der Waals surface area (Å²) in [5, 5.41) is 23.8. The molecule has 1 unspecified atom stereocenters. The second kappa shape index (κ2) is 13.3. The van der Waals surface area contributed by atoms with Crippen molar-refractivity contribution in [1.29, 1.82) is 0 Å². The Morgan fingerprint density at radius 1 is 1.16 bits per heavy atom. The Kier molecular flexibility index (Phi) is 10.1. The molecule has 0 bridgehead atoms. The molecule has 11 nitrogen and oxygen atoms in total. The summed E-state index contributed by atoms with van der Waals surface area (Å²) in [7, 11) is 1.56. The standard InChI is InChI=1S/C23H23Cl2N5O6S/c1-13-9-16(24)21(17(25)10-13)37-22-27-28-29-30(22)12-19(31)18(11-20(32)33)26-23(34)36-8-7-14-3-5-15(35-2)6-4-14/h3-6,9-10,18H,7-8,11-12H2,1-2H3,(H,26,34)(H,32,33). The van der Waals surface area contributed by atoms with Gasteiger partial charge in [0.25, 0.3) is 0 Å². The van der Waals surface area contributed by atoms with Gasteiger partial charge < -0.3 is 19.9 Å². The zero-order valence-electron chi connectivity index (χ0n) is 19.8. The first-order valence-electron chi connectivity index (χ1n) is 10.9. The molecule has 0 radical (unpaired) electrons. The fourth-order valence-corrected chi connectivity index (χ4v) is 4.77. The highest BCUT2D eigenvalue weighted by molar-refractivity contribution is 7.99.